The second kappa shape index (κ2) is 3.24. The fourth-order valence-corrected chi connectivity index (χ4v) is 1.30. The van der Waals surface area contributed by atoms with E-state index in [9.17, 15) is 0 Å². The molecule has 0 saturated carbocycles. The molecule has 1 aliphatic rings. The Bertz CT molecular complexity index is 148. The highest BCUT2D eigenvalue weighted by Crippen LogP contribution is 2.22. The second-order valence-electron chi connectivity index (χ2n) is 2.21. The van der Waals surface area contributed by atoms with Gasteiger partial charge in [0.2, 0.25) is 0 Å². The molecule has 0 aromatic carbocycles. The van der Waals surface area contributed by atoms with Crippen LogP contribution in [0.2, 0.25) is 0 Å². The van der Waals surface area contributed by atoms with Crippen molar-refractivity contribution >= 4 is 11.8 Å². The number of rotatable bonds is 2. The Morgan fingerprint density at radius 2 is 2.20 bits per heavy atom. The average Bonchev–Trinajstić information content (AvgIpc) is 2.33. The molecule has 3 nitrogen and oxygen atoms in total. The van der Waals surface area contributed by atoms with Crippen molar-refractivity contribution in [2.45, 2.75) is 12.7 Å². The highest BCUT2D eigenvalue weighted by molar-refractivity contribution is 8.03. The average molecular weight is 159 g/mol. The third-order valence-electron chi connectivity index (χ3n) is 1.30. The first-order valence-corrected chi connectivity index (χ1v) is 4.04. The first-order chi connectivity index (χ1) is 4.77. The molecule has 0 unspecified atom stereocenters. The van der Waals surface area contributed by atoms with Crippen molar-refractivity contribution in [2.24, 2.45) is 0 Å². The zero-order valence-electron chi connectivity index (χ0n) is 5.79. The summed E-state index contributed by atoms with van der Waals surface area (Å²) < 4.78 is 10.5. The number of thiocyanates is 1. The van der Waals surface area contributed by atoms with Crippen LogP contribution in [0.3, 0.4) is 0 Å². The third-order valence-corrected chi connectivity index (χ3v) is 2.09. The van der Waals surface area contributed by atoms with E-state index in [1.807, 2.05) is 12.3 Å². The Kier molecular flexibility index (Phi) is 2.55. The van der Waals surface area contributed by atoms with Crippen LogP contribution in [0, 0.1) is 10.7 Å². The van der Waals surface area contributed by atoms with Gasteiger partial charge >= 0.3 is 0 Å². The molecule has 1 saturated heterocycles. The normalized spacial score (nSPS) is 22.4. The molecule has 0 aromatic heterocycles. The Hall–Kier alpha value is -0.240. The zero-order chi connectivity index (χ0) is 7.45. The first kappa shape index (κ1) is 7.86. The molecule has 0 aromatic rings. The van der Waals surface area contributed by atoms with Gasteiger partial charge in [0.05, 0.1) is 19.0 Å². The van der Waals surface area contributed by atoms with Crippen LogP contribution in [0.25, 0.3) is 0 Å². The van der Waals surface area contributed by atoms with Gasteiger partial charge in [0.15, 0.2) is 5.79 Å². The van der Waals surface area contributed by atoms with Gasteiger partial charge in [-0.2, -0.15) is 5.26 Å². The summed E-state index contributed by atoms with van der Waals surface area (Å²) in [5.41, 5.74) is 0. The van der Waals surface area contributed by atoms with Crippen LogP contribution in [0.1, 0.15) is 6.92 Å². The van der Waals surface area contributed by atoms with Crippen LogP contribution in [0.15, 0.2) is 0 Å². The first-order valence-electron chi connectivity index (χ1n) is 3.06. The van der Waals surface area contributed by atoms with Crippen LogP contribution >= 0.6 is 11.8 Å². The molecule has 0 radical (unpaired) electrons. The van der Waals surface area contributed by atoms with Crippen LogP contribution in [0.5, 0.6) is 0 Å². The van der Waals surface area contributed by atoms with E-state index in [-0.39, 0.29) is 0 Å². The van der Waals surface area contributed by atoms with Crippen molar-refractivity contribution in [2.75, 3.05) is 19.0 Å². The van der Waals surface area contributed by atoms with Gasteiger partial charge < -0.3 is 9.47 Å². The van der Waals surface area contributed by atoms with Crippen LogP contribution in [0.4, 0.5) is 0 Å². The Balaban J connectivity index is 2.30. The Labute approximate surface area is 64.3 Å². The van der Waals surface area contributed by atoms with Gasteiger partial charge in [-0.3, -0.25) is 0 Å². The molecular formula is C6H9NO2S. The molecular weight excluding hydrogens is 150 g/mol. The van der Waals surface area contributed by atoms with Crippen LogP contribution < -0.4 is 0 Å². The van der Waals surface area contributed by atoms with Gasteiger partial charge in [-0.1, -0.05) is 0 Å². The largest absolute Gasteiger partial charge is 0.347 e. The van der Waals surface area contributed by atoms with E-state index in [1.54, 1.807) is 0 Å². The summed E-state index contributed by atoms with van der Waals surface area (Å²) in [6.07, 6.45) is 0. The van der Waals surface area contributed by atoms with Gasteiger partial charge in [0.1, 0.15) is 5.40 Å². The highest BCUT2D eigenvalue weighted by Gasteiger charge is 2.30. The summed E-state index contributed by atoms with van der Waals surface area (Å²) in [5, 5.41) is 10.2. The molecule has 10 heavy (non-hydrogen) atoms. The highest BCUT2D eigenvalue weighted by atomic mass is 32.2. The lowest BCUT2D eigenvalue weighted by Gasteiger charge is -2.19. The molecule has 0 bridgehead atoms. The van der Waals surface area contributed by atoms with Crippen LogP contribution in [-0.2, 0) is 9.47 Å². The number of ether oxygens (including phenoxy) is 2. The van der Waals surface area contributed by atoms with E-state index in [0.29, 0.717) is 19.0 Å². The molecule has 1 heterocycles. The smallest absolute Gasteiger partial charge is 0.175 e. The van der Waals surface area contributed by atoms with E-state index in [1.165, 1.54) is 0 Å². The minimum atomic E-state index is -0.513. The summed E-state index contributed by atoms with van der Waals surface area (Å²) in [7, 11) is 0. The summed E-state index contributed by atoms with van der Waals surface area (Å²) in [4.78, 5) is 0. The standard InChI is InChI=1S/C6H9NO2S/c1-6(4-10-5-7)8-2-3-9-6/h2-4H2,1H3. The topological polar surface area (TPSA) is 42.2 Å². The number of thioether (sulfide) groups is 1. The lowest BCUT2D eigenvalue weighted by molar-refractivity contribution is -0.121. The maximum Gasteiger partial charge on any atom is 0.175 e. The molecule has 0 atom stereocenters. The summed E-state index contributed by atoms with van der Waals surface area (Å²) in [5.74, 6) is 0.0733. The third kappa shape index (κ3) is 1.87. The molecule has 0 amide bonds. The van der Waals surface area contributed by atoms with E-state index in [4.69, 9.17) is 14.7 Å². The summed E-state index contributed by atoms with van der Waals surface area (Å²) in [6.45, 7) is 3.13. The minimum Gasteiger partial charge on any atom is -0.347 e. The van der Waals surface area contributed by atoms with Crippen molar-refractivity contribution in [3.05, 3.63) is 0 Å². The number of nitriles is 1. The van der Waals surface area contributed by atoms with E-state index >= 15 is 0 Å². The van der Waals surface area contributed by atoms with Crippen molar-refractivity contribution in [1.29, 1.82) is 5.26 Å². The summed E-state index contributed by atoms with van der Waals surface area (Å²) in [6, 6.07) is 0. The molecule has 56 valence electrons. The molecule has 0 aliphatic carbocycles. The van der Waals surface area contributed by atoms with Gasteiger partial charge in [0.25, 0.3) is 0 Å². The fraction of sp³-hybridized carbons (Fsp3) is 0.833. The van der Waals surface area contributed by atoms with Crippen molar-refractivity contribution < 1.29 is 9.47 Å². The van der Waals surface area contributed by atoms with E-state index < -0.39 is 5.79 Å². The number of nitrogens with zero attached hydrogens (tertiary/aromatic N) is 1. The predicted octanol–water partition coefficient (Wildman–Crippen LogP) is 0.964. The molecule has 0 N–H and O–H groups in total. The van der Waals surface area contributed by atoms with Crippen molar-refractivity contribution in [3.63, 3.8) is 0 Å². The van der Waals surface area contributed by atoms with E-state index in [2.05, 4.69) is 0 Å². The maximum atomic E-state index is 8.24. The van der Waals surface area contributed by atoms with E-state index in [0.717, 1.165) is 11.8 Å². The SMILES string of the molecule is CC1(CSC#N)OCCO1. The van der Waals surface area contributed by atoms with Crippen molar-refractivity contribution in [3.8, 4) is 5.40 Å². The predicted molar refractivity (Wildman–Crippen MR) is 38.4 cm³/mol. The zero-order valence-corrected chi connectivity index (χ0v) is 6.61. The quantitative estimate of drug-likeness (QED) is 0.563. The van der Waals surface area contributed by atoms with Gasteiger partial charge in [-0.05, 0) is 18.7 Å². The second-order valence-corrected chi connectivity index (χ2v) is 2.97. The molecule has 1 aliphatic heterocycles. The summed E-state index contributed by atoms with van der Waals surface area (Å²) >= 11 is 1.16. The molecule has 1 fully saturated rings. The molecule has 1 rings (SSSR count). The van der Waals surface area contributed by atoms with Gasteiger partial charge in [0, 0.05) is 0 Å². The Morgan fingerprint density at radius 1 is 1.60 bits per heavy atom. The van der Waals surface area contributed by atoms with Crippen molar-refractivity contribution in [1.82, 2.24) is 0 Å². The molecule has 4 heteroatoms. The monoisotopic (exact) mass is 159 g/mol. The van der Waals surface area contributed by atoms with Crippen LogP contribution in [-0.4, -0.2) is 24.8 Å². The van der Waals surface area contributed by atoms with Gasteiger partial charge in [-0.15, -0.1) is 0 Å². The molecule has 0 spiro atoms. The number of hydrogen-bond acceptors (Lipinski definition) is 4. The van der Waals surface area contributed by atoms with Gasteiger partial charge in [-0.25, -0.2) is 0 Å². The minimum absolute atomic E-state index is 0.513. The maximum absolute atomic E-state index is 8.24. The lowest BCUT2D eigenvalue weighted by atomic mass is 10.4. The fourth-order valence-electron chi connectivity index (χ4n) is 0.803. The lowest BCUT2D eigenvalue weighted by Crippen LogP contribution is -2.28. The number of hydrogen-bond donors (Lipinski definition) is 0. The Morgan fingerprint density at radius 3 is 2.70 bits per heavy atom.